The van der Waals surface area contributed by atoms with Crippen LogP contribution < -0.4 is 5.32 Å². The maximum atomic E-state index is 6.16. The zero-order valence-electron chi connectivity index (χ0n) is 11.5. The van der Waals surface area contributed by atoms with E-state index in [1.165, 1.54) is 48.4 Å². The van der Waals surface area contributed by atoms with Gasteiger partial charge in [0.15, 0.2) is 0 Å². The zero-order valence-corrected chi connectivity index (χ0v) is 13.1. The Labute approximate surface area is 125 Å². The normalized spacial score (nSPS) is 30.3. The van der Waals surface area contributed by atoms with E-state index in [-0.39, 0.29) is 0 Å². The second kappa shape index (κ2) is 6.07. The third-order valence-electron chi connectivity index (χ3n) is 4.68. The molecule has 1 nitrogen and oxygen atoms in total. The molecule has 2 aliphatic rings. The van der Waals surface area contributed by atoms with Crippen molar-refractivity contribution >= 4 is 23.4 Å². The average Bonchev–Trinajstić information content (AvgIpc) is 2.82. The predicted molar refractivity (Wildman–Crippen MR) is 84.0 cm³/mol. The molecule has 19 heavy (non-hydrogen) atoms. The van der Waals surface area contributed by atoms with E-state index in [9.17, 15) is 0 Å². The number of hydrogen-bond acceptors (Lipinski definition) is 2. The number of thioether (sulfide) groups is 1. The molecule has 1 aromatic rings. The Balaban J connectivity index is 1.67. The molecule has 0 spiro atoms. The summed E-state index contributed by atoms with van der Waals surface area (Å²) in [4.78, 5) is 1.41. The highest BCUT2D eigenvalue weighted by atomic mass is 35.5. The first-order valence-electron chi connectivity index (χ1n) is 7.39. The van der Waals surface area contributed by atoms with Crippen molar-refractivity contribution in [1.29, 1.82) is 0 Å². The van der Waals surface area contributed by atoms with Crippen LogP contribution in [-0.2, 0) is 0 Å². The molecular formula is C16H22ClNS. The van der Waals surface area contributed by atoms with Crippen LogP contribution in [0.15, 0.2) is 23.1 Å². The largest absolute Gasteiger partial charge is 0.310 e. The molecule has 0 aromatic heterocycles. The van der Waals surface area contributed by atoms with Crippen LogP contribution >= 0.6 is 23.4 Å². The van der Waals surface area contributed by atoms with Crippen molar-refractivity contribution in [2.45, 2.75) is 43.5 Å². The maximum Gasteiger partial charge on any atom is 0.0410 e. The molecule has 0 bridgehead atoms. The van der Waals surface area contributed by atoms with E-state index in [2.05, 4.69) is 24.4 Å². The minimum atomic E-state index is 0.503. The van der Waals surface area contributed by atoms with Crippen LogP contribution in [0.4, 0.5) is 0 Å². The molecule has 1 N–H and O–H groups in total. The summed E-state index contributed by atoms with van der Waals surface area (Å²) in [7, 11) is 0. The molecule has 0 radical (unpaired) electrons. The minimum Gasteiger partial charge on any atom is -0.310 e. The van der Waals surface area contributed by atoms with Crippen molar-refractivity contribution in [3.63, 3.8) is 0 Å². The molecule has 1 aromatic carbocycles. The summed E-state index contributed by atoms with van der Waals surface area (Å²) in [6.45, 7) is 3.57. The van der Waals surface area contributed by atoms with E-state index < -0.39 is 0 Å². The average molecular weight is 296 g/mol. The molecule has 1 heterocycles. The Morgan fingerprint density at radius 1 is 1.32 bits per heavy atom. The minimum absolute atomic E-state index is 0.503. The fraction of sp³-hybridized carbons (Fsp3) is 0.625. The van der Waals surface area contributed by atoms with Gasteiger partial charge in [-0.2, -0.15) is 0 Å². The van der Waals surface area contributed by atoms with Crippen LogP contribution in [0.25, 0.3) is 0 Å². The van der Waals surface area contributed by atoms with Gasteiger partial charge in [0.2, 0.25) is 0 Å². The molecule has 1 aliphatic heterocycles. The summed E-state index contributed by atoms with van der Waals surface area (Å²) in [6, 6.07) is 6.84. The highest BCUT2D eigenvalue weighted by Crippen LogP contribution is 2.38. The third kappa shape index (κ3) is 3.12. The number of halogens is 1. The molecule has 1 saturated carbocycles. The van der Waals surface area contributed by atoms with Crippen LogP contribution in [0.5, 0.6) is 0 Å². The molecule has 3 heteroatoms. The second-order valence-electron chi connectivity index (χ2n) is 5.95. The SMILES string of the molecule is CC1CCCC1CNC1CCSc2ccc(Cl)cc21. The van der Waals surface area contributed by atoms with Gasteiger partial charge in [-0.3, -0.25) is 0 Å². The number of fused-ring (bicyclic) bond motifs is 1. The first-order valence-corrected chi connectivity index (χ1v) is 8.76. The lowest BCUT2D eigenvalue weighted by molar-refractivity contribution is 0.363. The van der Waals surface area contributed by atoms with Gasteiger partial charge in [-0.25, -0.2) is 0 Å². The topological polar surface area (TPSA) is 12.0 Å². The molecular weight excluding hydrogens is 274 g/mol. The Kier molecular flexibility index (Phi) is 4.40. The standard InChI is InChI=1S/C16H22ClNS/c1-11-3-2-4-12(11)10-18-15-7-8-19-16-6-5-13(17)9-14(15)16/h5-6,9,11-12,15,18H,2-4,7-8,10H2,1H3. The van der Waals surface area contributed by atoms with Gasteiger partial charge >= 0.3 is 0 Å². The van der Waals surface area contributed by atoms with Gasteiger partial charge in [-0.15, -0.1) is 11.8 Å². The third-order valence-corrected chi connectivity index (χ3v) is 6.03. The van der Waals surface area contributed by atoms with Crippen LogP contribution in [0.3, 0.4) is 0 Å². The Bertz CT molecular complexity index is 448. The summed E-state index contributed by atoms with van der Waals surface area (Å²) in [5.74, 6) is 2.98. The summed E-state index contributed by atoms with van der Waals surface area (Å²) in [6.07, 6.45) is 5.45. The molecule has 1 fully saturated rings. The summed E-state index contributed by atoms with van der Waals surface area (Å²) in [5, 5.41) is 4.67. The first kappa shape index (κ1) is 13.8. The fourth-order valence-electron chi connectivity index (χ4n) is 3.40. The van der Waals surface area contributed by atoms with E-state index in [0.717, 1.165) is 16.9 Å². The quantitative estimate of drug-likeness (QED) is 0.851. The molecule has 3 atom stereocenters. The Morgan fingerprint density at radius 2 is 2.21 bits per heavy atom. The number of nitrogens with one attached hydrogen (secondary N) is 1. The highest BCUT2D eigenvalue weighted by Gasteiger charge is 2.26. The van der Waals surface area contributed by atoms with Gasteiger partial charge in [-0.1, -0.05) is 31.4 Å². The zero-order chi connectivity index (χ0) is 13.2. The second-order valence-corrected chi connectivity index (χ2v) is 7.52. The molecule has 1 aliphatic carbocycles. The Hall–Kier alpha value is -0.180. The number of benzene rings is 1. The number of hydrogen-bond donors (Lipinski definition) is 1. The molecule has 3 rings (SSSR count). The van der Waals surface area contributed by atoms with Crippen molar-refractivity contribution in [3.8, 4) is 0 Å². The molecule has 3 unspecified atom stereocenters. The molecule has 0 saturated heterocycles. The van der Waals surface area contributed by atoms with Gasteiger partial charge in [0.25, 0.3) is 0 Å². The van der Waals surface area contributed by atoms with Crippen molar-refractivity contribution < 1.29 is 0 Å². The van der Waals surface area contributed by atoms with Crippen molar-refractivity contribution in [2.24, 2.45) is 11.8 Å². The van der Waals surface area contributed by atoms with Crippen LogP contribution in [0.2, 0.25) is 5.02 Å². The summed E-state index contributed by atoms with van der Waals surface area (Å²) >= 11 is 8.12. The van der Waals surface area contributed by atoms with Crippen LogP contribution in [-0.4, -0.2) is 12.3 Å². The molecule has 0 amide bonds. The van der Waals surface area contributed by atoms with E-state index in [0.29, 0.717) is 6.04 Å². The predicted octanol–water partition coefficient (Wildman–Crippen LogP) is 4.90. The van der Waals surface area contributed by atoms with Gasteiger partial charge in [0, 0.05) is 16.0 Å². The molecule has 104 valence electrons. The lowest BCUT2D eigenvalue weighted by Gasteiger charge is -2.28. The van der Waals surface area contributed by atoms with Crippen molar-refractivity contribution in [3.05, 3.63) is 28.8 Å². The van der Waals surface area contributed by atoms with E-state index in [1.807, 2.05) is 17.8 Å². The van der Waals surface area contributed by atoms with E-state index >= 15 is 0 Å². The van der Waals surface area contributed by atoms with Crippen LogP contribution in [0.1, 0.15) is 44.2 Å². The van der Waals surface area contributed by atoms with E-state index in [4.69, 9.17) is 11.6 Å². The van der Waals surface area contributed by atoms with Crippen molar-refractivity contribution in [1.82, 2.24) is 5.32 Å². The summed E-state index contributed by atoms with van der Waals surface area (Å²) < 4.78 is 0. The van der Waals surface area contributed by atoms with Gasteiger partial charge < -0.3 is 5.32 Å². The summed E-state index contributed by atoms with van der Waals surface area (Å²) in [5.41, 5.74) is 1.41. The lowest BCUT2D eigenvalue weighted by atomic mass is 9.96. The van der Waals surface area contributed by atoms with Gasteiger partial charge in [-0.05, 0) is 60.7 Å². The van der Waals surface area contributed by atoms with Gasteiger partial charge in [0.05, 0.1) is 0 Å². The fourth-order valence-corrected chi connectivity index (χ4v) is 4.68. The lowest BCUT2D eigenvalue weighted by Crippen LogP contribution is -2.30. The monoisotopic (exact) mass is 295 g/mol. The van der Waals surface area contributed by atoms with E-state index in [1.54, 1.807) is 0 Å². The van der Waals surface area contributed by atoms with Crippen molar-refractivity contribution in [2.75, 3.05) is 12.3 Å². The smallest absolute Gasteiger partial charge is 0.0410 e. The Morgan fingerprint density at radius 3 is 3.00 bits per heavy atom. The first-order chi connectivity index (χ1) is 9.24. The van der Waals surface area contributed by atoms with Crippen LogP contribution in [0, 0.1) is 11.8 Å². The maximum absolute atomic E-state index is 6.16. The van der Waals surface area contributed by atoms with Gasteiger partial charge in [0.1, 0.15) is 0 Å². The number of rotatable bonds is 3. The highest BCUT2D eigenvalue weighted by molar-refractivity contribution is 7.99.